The topological polar surface area (TPSA) is 40.5 Å². The molecule has 3 nitrogen and oxygen atoms in total. The third-order valence-electron chi connectivity index (χ3n) is 6.92. The maximum atomic E-state index is 13.7. The Bertz CT molecular complexity index is 810. The highest BCUT2D eigenvalue weighted by atomic mass is 32.1. The fourth-order valence-electron chi connectivity index (χ4n) is 4.91. The molecule has 0 atom stereocenters. The van der Waals surface area contributed by atoms with Crippen LogP contribution in [0.15, 0.2) is 41.8 Å². The minimum absolute atomic E-state index is 0.147. The highest BCUT2D eigenvalue weighted by Crippen LogP contribution is 2.39. The summed E-state index contributed by atoms with van der Waals surface area (Å²) < 4.78 is 0. The number of rotatable bonds is 4. The van der Waals surface area contributed by atoms with Crippen LogP contribution in [0.4, 0.5) is 5.69 Å². The predicted molar refractivity (Wildman–Crippen MR) is 121 cm³/mol. The van der Waals surface area contributed by atoms with Gasteiger partial charge in [0.15, 0.2) is 0 Å². The standard InChI is InChI=1S/C25H33NO2S/c1-18-8-10-20(11-9-18)24(27)26(21-12-14-25(2,28)15-13-21)22-16-23(29-17-22)19-6-4-3-5-7-19/h3-7,16-18,20-21,28H,8-15H2,1-2H3. The van der Waals surface area contributed by atoms with E-state index in [-0.39, 0.29) is 12.0 Å². The lowest BCUT2D eigenvalue weighted by Crippen LogP contribution is -2.48. The van der Waals surface area contributed by atoms with E-state index in [1.807, 2.05) is 13.0 Å². The van der Waals surface area contributed by atoms with E-state index in [9.17, 15) is 9.90 Å². The van der Waals surface area contributed by atoms with Crippen LogP contribution >= 0.6 is 11.3 Å². The first kappa shape index (κ1) is 20.6. The summed E-state index contributed by atoms with van der Waals surface area (Å²) in [6.07, 6.45) is 7.60. The Morgan fingerprint density at radius 3 is 2.38 bits per heavy atom. The van der Waals surface area contributed by atoms with Crippen molar-refractivity contribution in [3.63, 3.8) is 0 Å². The van der Waals surface area contributed by atoms with Gasteiger partial charge in [0, 0.05) is 22.2 Å². The summed E-state index contributed by atoms with van der Waals surface area (Å²) >= 11 is 1.72. The summed E-state index contributed by atoms with van der Waals surface area (Å²) in [6, 6.07) is 12.8. The summed E-state index contributed by atoms with van der Waals surface area (Å²) in [7, 11) is 0. The van der Waals surface area contributed by atoms with E-state index in [0.717, 1.165) is 63.0 Å². The molecule has 1 aromatic heterocycles. The highest BCUT2D eigenvalue weighted by Gasteiger charge is 2.37. The summed E-state index contributed by atoms with van der Waals surface area (Å²) in [5, 5.41) is 12.6. The normalized spacial score (nSPS) is 30.1. The molecule has 4 heteroatoms. The second-order valence-corrected chi connectivity index (χ2v) is 10.3. The van der Waals surface area contributed by atoms with Gasteiger partial charge < -0.3 is 10.0 Å². The SMILES string of the molecule is CC1CCC(C(=O)N(c2csc(-c3ccccc3)c2)C2CCC(C)(O)CC2)CC1. The van der Waals surface area contributed by atoms with Crippen molar-refractivity contribution in [1.82, 2.24) is 0 Å². The zero-order valence-corrected chi connectivity index (χ0v) is 18.5. The smallest absolute Gasteiger partial charge is 0.230 e. The molecular weight excluding hydrogens is 378 g/mol. The number of anilines is 1. The molecule has 0 saturated heterocycles. The summed E-state index contributed by atoms with van der Waals surface area (Å²) in [5.41, 5.74) is 1.66. The van der Waals surface area contributed by atoms with Crippen LogP contribution < -0.4 is 4.90 Å². The molecule has 2 aromatic rings. The first-order valence-electron chi connectivity index (χ1n) is 11.1. The van der Waals surface area contributed by atoms with Gasteiger partial charge in [0.1, 0.15) is 0 Å². The number of carbonyl (C=O) groups is 1. The van der Waals surface area contributed by atoms with Crippen molar-refractivity contribution in [2.75, 3.05) is 4.90 Å². The summed E-state index contributed by atoms with van der Waals surface area (Å²) in [5.74, 6) is 1.19. The molecule has 0 unspecified atom stereocenters. The molecular formula is C25H33NO2S. The van der Waals surface area contributed by atoms with Gasteiger partial charge in [-0.15, -0.1) is 11.3 Å². The number of hydrogen-bond donors (Lipinski definition) is 1. The maximum absolute atomic E-state index is 13.7. The van der Waals surface area contributed by atoms with Crippen LogP contribution in [0.5, 0.6) is 0 Å². The number of hydrogen-bond acceptors (Lipinski definition) is 3. The van der Waals surface area contributed by atoms with E-state index in [2.05, 4.69) is 47.5 Å². The van der Waals surface area contributed by atoms with Gasteiger partial charge >= 0.3 is 0 Å². The second kappa shape index (κ2) is 8.61. The summed E-state index contributed by atoms with van der Waals surface area (Å²) in [6.45, 7) is 4.22. The van der Waals surface area contributed by atoms with Crippen molar-refractivity contribution >= 4 is 22.9 Å². The Labute approximate surface area is 178 Å². The van der Waals surface area contributed by atoms with Crippen molar-refractivity contribution in [3.05, 3.63) is 41.8 Å². The first-order valence-corrected chi connectivity index (χ1v) is 12.0. The molecule has 2 fully saturated rings. The number of amides is 1. The van der Waals surface area contributed by atoms with Gasteiger partial charge in [-0.25, -0.2) is 0 Å². The number of thiophene rings is 1. The molecule has 156 valence electrons. The van der Waals surface area contributed by atoms with E-state index in [1.165, 1.54) is 10.4 Å². The molecule has 0 spiro atoms. The fourth-order valence-corrected chi connectivity index (χ4v) is 5.80. The van der Waals surface area contributed by atoms with Gasteiger partial charge in [0.25, 0.3) is 0 Å². The highest BCUT2D eigenvalue weighted by molar-refractivity contribution is 7.14. The maximum Gasteiger partial charge on any atom is 0.230 e. The van der Waals surface area contributed by atoms with Crippen LogP contribution in [-0.2, 0) is 4.79 Å². The van der Waals surface area contributed by atoms with E-state index >= 15 is 0 Å². The number of benzene rings is 1. The molecule has 0 radical (unpaired) electrons. The third-order valence-corrected chi connectivity index (χ3v) is 7.89. The largest absolute Gasteiger partial charge is 0.390 e. The number of carbonyl (C=O) groups excluding carboxylic acids is 1. The number of aliphatic hydroxyl groups is 1. The van der Waals surface area contributed by atoms with Crippen LogP contribution in [0.25, 0.3) is 10.4 Å². The van der Waals surface area contributed by atoms with Gasteiger partial charge in [-0.1, -0.05) is 37.3 Å². The molecule has 1 heterocycles. The molecule has 4 rings (SSSR count). The molecule has 0 bridgehead atoms. The van der Waals surface area contributed by atoms with Crippen molar-refractivity contribution in [1.29, 1.82) is 0 Å². The van der Waals surface area contributed by atoms with E-state index in [0.29, 0.717) is 5.91 Å². The second-order valence-electron chi connectivity index (χ2n) is 9.43. The minimum Gasteiger partial charge on any atom is -0.390 e. The molecule has 2 saturated carbocycles. The van der Waals surface area contributed by atoms with Crippen LogP contribution in [0.1, 0.15) is 65.2 Å². The quantitative estimate of drug-likeness (QED) is 0.644. The Balaban J connectivity index is 1.60. The lowest BCUT2D eigenvalue weighted by Gasteiger charge is -2.41. The minimum atomic E-state index is -0.588. The van der Waals surface area contributed by atoms with Crippen LogP contribution in [0, 0.1) is 11.8 Å². The van der Waals surface area contributed by atoms with Crippen LogP contribution in [0.2, 0.25) is 0 Å². The van der Waals surface area contributed by atoms with Gasteiger partial charge in [-0.2, -0.15) is 0 Å². The van der Waals surface area contributed by atoms with E-state index < -0.39 is 5.60 Å². The van der Waals surface area contributed by atoms with Crippen LogP contribution in [-0.4, -0.2) is 22.7 Å². The molecule has 2 aliphatic carbocycles. The monoisotopic (exact) mass is 411 g/mol. The van der Waals surface area contributed by atoms with Gasteiger partial charge in [-0.05, 0) is 75.8 Å². The number of nitrogens with zero attached hydrogens (tertiary/aromatic N) is 1. The van der Waals surface area contributed by atoms with Crippen molar-refractivity contribution in [3.8, 4) is 10.4 Å². The molecule has 1 aromatic carbocycles. The Kier molecular flexibility index (Phi) is 6.12. The van der Waals surface area contributed by atoms with Crippen LogP contribution in [0.3, 0.4) is 0 Å². The Morgan fingerprint density at radius 2 is 1.72 bits per heavy atom. The van der Waals surface area contributed by atoms with Crippen molar-refractivity contribution < 1.29 is 9.90 Å². The van der Waals surface area contributed by atoms with Crippen molar-refractivity contribution in [2.45, 2.75) is 76.9 Å². The van der Waals surface area contributed by atoms with E-state index in [1.54, 1.807) is 11.3 Å². The fraction of sp³-hybridized carbons (Fsp3) is 0.560. The molecule has 2 aliphatic rings. The average molecular weight is 412 g/mol. The molecule has 0 aliphatic heterocycles. The average Bonchev–Trinajstić information content (AvgIpc) is 3.20. The van der Waals surface area contributed by atoms with Gasteiger partial charge in [0.2, 0.25) is 5.91 Å². The lowest BCUT2D eigenvalue weighted by molar-refractivity contribution is -0.124. The zero-order chi connectivity index (χ0) is 20.4. The third kappa shape index (κ3) is 4.75. The first-order chi connectivity index (χ1) is 13.9. The lowest BCUT2D eigenvalue weighted by atomic mass is 9.80. The molecule has 1 N–H and O–H groups in total. The predicted octanol–water partition coefficient (Wildman–Crippen LogP) is 6.27. The summed E-state index contributed by atoms with van der Waals surface area (Å²) in [4.78, 5) is 17.0. The molecule has 29 heavy (non-hydrogen) atoms. The molecule has 1 amide bonds. The van der Waals surface area contributed by atoms with Gasteiger partial charge in [0.05, 0.1) is 11.3 Å². The zero-order valence-electron chi connectivity index (χ0n) is 17.6. The Morgan fingerprint density at radius 1 is 1.07 bits per heavy atom. The van der Waals surface area contributed by atoms with E-state index in [4.69, 9.17) is 0 Å². The van der Waals surface area contributed by atoms with Crippen molar-refractivity contribution in [2.24, 2.45) is 11.8 Å². The van der Waals surface area contributed by atoms with Gasteiger partial charge in [-0.3, -0.25) is 4.79 Å². The Hall–Kier alpha value is -1.65.